The summed E-state index contributed by atoms with van der Waals surface area (Å²) in [5, 5.41) is 0. The van der Waals surface area contributed by atoms with E-state index < -0.39 is 5.97 Å². The van der Waals surface area contributed by atoms with Gasteiger partial charge in [0.25, 0.3) is 0 Å². The fraction of sp³-hybridized carbons (Fsp3) is 0.0968. The van der Waals surface area contributed by atoms with Gasteiger partial charge in [-0.15, -0.1) is 0 Å². The lowest BCUT2D eigenvalue weighted by Crippen LogP contribution is -2.05. The number of aliphatic imine (C=N–C) groups is 1. The lowest BCUT2D eigenvalue weighted by atomic mass is 10.0. The maximum Gasteiger partial charge on any atom is 0.363 e. The van der Waals surface area contributed by atoms with Gasteiger partial charge in [0.2, 0.25) is 5.90 Å². The first kappa shape index (κ1) is 26.2. The highest BCUT2D eigenvalue weighted by molar-refractivity contribution is 14.1. The lowest BCUT2D eigenvalue weighted by molar-refractivity contribution is -0.129. The summed E-state index contributed by atoms with van der Waals surface area (Å²) in [5.74, 6) is 0.957. The van der Waals surface area contributed by atoms with Gasteiger partial charge in [0, 0.05) is 9.13 Å². The first-order chi connectivity index (χ1) is 18.5. The van der Waals surface area contributed by atoms with Crippen molar-refractivity contribution in [3.8, 4) is 22.6 Å². The highest BCUT2D eigenvalue weighted by Crippen LogP contribution is 2.38. The predicted octanol–water partition coefficient (Wildman–Crippen LogP) is 8.04. The maximum absolute atomic E-state index is 12.6. The number of carbonyl (C=O) groups excluding carboxylic acids is 1. The summed E-state index contributed by atoms with van der Waals surface area (Å²) in [4.78, 5) is 17.1. The zero-order valence-corrected chi connectivity index (χ0v) is 24.2. The molecule has 0 radical (unpaired) electrons. The van der Waals surface area contributed by atoms with Crippen molar-refractivity contribution in [1.29, 1.82) is 0 Å². The second-order valence-electron chi connectivity index (χ2n) is 8.46. The monoisotopic (exact) mass is 679 g/mol. The van der Waals surface area contributed by atoms with Crippen molar-refractivity contribution < 1.29 is 19.0 Å². The molecule has 190 valence electrons. The molecule has 0 N–H and O–H groups in total. The molecule has 7 heteroatoms. The third kappa shape index (κ3) is 6.16. The van der Waals surface area contributed by atoms with Gasteiger partial charge in [-0.2, -0.15) is 0 Å². The summed E-state index contributed by atoms with van der Waals surface area (Å²) >= 11 is 5.89. The van der Waals surface area contributed by atoms with E-state index in [2.05, 4.69) is 61.7 Å². The molecule has 0 bridgehead atoms. The number of carbonyl (C=O) groups is 1. The molecule has 4 aromatic carbocycles. The van der Waals surface area contributed by atoms with E-state index >= 15 is 0 Å². The van der Waals surface area contributed by atoms with Crippen LogP contribution in [0.3, 0.4) is 0 Å². The Bertz CT molecular complexity index is 1530. The summed E-state index contributed by atoms with van der Waals surface area (Å²) in [6, 6.07) is 29.7. The number of rotatable bonds is 8. The molecule has 1 aliphatic heterocycles. The molecular formula is C31H23BrINO4. The minimum Gasteiger partial charge on any atom is -0.490 e. The summed E-state index contributed by atoms with van der Waals surface area (Å²) in [7, 11) is 0. The topological polar surface area (TPSA) is 57.1 Å². The van der Waals surface area contributed by atoms with Gasteiger partial charge >= 0.3 is 5.97 Å². The van der Waals surface area contributed by atoms with Crippen LogP contribution in [0.2, 0.25) is 0 Å². The Labute approximate surface area is 243 Å². The Morgan fingerprint density at radius 3 is 2.37 bits per heavy atom. The second kappa shape index (κ2) is 12.0. The van der Waals surface area contributed by atoms with Crippen LogP contribution in [0.25, 0.3) is 17.2 Å². The molecule has 0 amide bonds. The molecule has 0 saturated carbocycles. The minimum absolute atomic E-state index is 0.217. The largest absolute Gasteiger partial charge is 0.490 e. The van der Waals surface area contributed by atoms with Crippen LogP contribution in [0.15, 0.2) is 106 Å². The smallest absolute Gasteiger partial charge is 0.363 e. The van der Waals surface area contributed by atoms with Crippen LogP contribution in [-0.2, 0) is 16.1 Å². The van der Waals surface area contributed by atoms with Gasteiger partial charge in [0.05, 0.1) is 11.1 Å². The van der Waals surface area contributed by atoms with Crippen molar-refractivity contribution in [2.24, 2.45) is 4.99 Å². The Morgan fingerprint density at radius 2 is 1.63 bits per heavy atom. The van der Waals surface area contributed by atoms with Crippen LogP contribution in [0.1, 0.15) is 23.6 Å². The zero-order chi connectivity index (χ0) is 26.5. The number of halogens is 2. The molecule has 0 aromatic heterocycles. The molecule has 0 aliphatic carbocycles. The fourth-order valence-corrected chi connectivity index (χ4v) is 5.16. The summed E-state index contributed by atoms with van der Waals surface area (Å²) in [5.41, 5.74) is 4.94. The molecule has 1 heterocycles. The van der Waals surface area contributed by atoms with Crippen molar-refractivity contribution in [3.05, 3.63) is 121 Å². The van der Waals surface area contributed by atoms with E-state index in [1.807, 2.05) is 79.7 Å². The quantitative estimate of drug-likeness (QED) is 0.107. The van der Waals surface area contributed by atoms with E-state index in [-0.39, 0.29) is 11.6 Å². The van der Waals surface area contributed by atoms with Crippen LogP contribution in [0.4, 0.5) is 0 Å². The molecule has 38 heavy (non-hydrogen) atoms. The molecule has 0 spiro atoms. The molecule has 1 aliphatic rings. The van der Waals surface area contributed by atoms with E-state index in [0.717, 1.165) is 31.4 Å². The van der Waals surface area contributed by atoms with E-state index in [4.69, 9.17) is 14.2 Å². The average Bonchev–Trinajstić information content (AvgIpc) is 3.29. The van der Waals surface area contributed by atoms with Gasteiger partial charge in [-0.1, -0.05) is 54.6 Å². The normalized spacial score (nSPS) is 13.8. The second-order valence-corrected chi connectivity index (χ2v) is 10.6. The highest BCUT2D eigenvalue weighted by atomic mass is 127. The van der Waals surface area contributed by atoms with Crippen LogP contribution < -0.4 is 9.47 Å². The molecule has 0 saturated heterocycles. The molecule has 5 rings (SSSR count). The number of ether oxygens (including phenoxy) is 3. The summed E-state index contributed by atoms with van der Waals surface area (Å²) < 4.78 is 19.3. The van der Waals surface area contributed by atoms with Crippen molar-refractivity contribution >= 4 is 56.5 Å². The Balaban J connectivity index is 1.38. The average molecular weight is 680 g/mol. The first-order valence-corrected chi connectivity index (χ1v) is 13.9. The molecule has 0 fully saturated rings. The molecule has 5 nitrogen and oxygen atoms in total. The summed E-state index contributed by atoms with van der Waals surface area (Å²) in [6.07, 6.45) is 1.68. The fourth-order valence-electron chi connectivity index (χ4n) is 3.98. The number of nitrogens with zero attached hydrogens (tertiary/aromatic N) is 1. The summed E-state index contributed by atoms with van der Waals surface area (Å²) in [6.45, 7) is 2.78. The first-order valence-electron chi connectivity index (χ1n) is 12.0. The van der Waals surface area contributed by atoms with Crippen molar-refractivity contribution in [2.45, 2.75) is 13.5 Å². The van der Waals surface area contributed by atoms with Crippen LogP contribution in [-0.4, -0.2) is 18.5 Å². The van der Waals surface area contributed by atoms with Crippen molar-refractivity contribution in [1.82, 2.24) is 0 Å². The van der Waals surface area contributed by atoms with Gasteiger partial charge < -0.3 is 14.2 Å². The van der Waals surface area contributed by atoms with E-state index in [1.54, 1.807) is 6.08 Å². The lowest BCUT2D eigenvalue weighted by Gasteiger charge is -2.15. The van der Waals surface area contributed by atoms with Crippen LogP contribution in [0, 0.1) is 3.57 Å². The van der Waals surface area contributed by atoms with Gasteiger partial charge in [-0.25, -0.2) is 9.79 Å². The number of cyclic esters (lactones) is 1. The van der Waals surface area contributed by atoms with E-state index in [0.29, 0.717) is 29.2 Å². The third-order valence-corrected chi connectivity index (χ3v) is 7.03. The minimum atomic E-state index is -0.500. The van der Waals surface area contributed by atoms with E-state index in [9.17, 15) is 4.79 Å². The van der Waals surface area contributed by atoms with Gasteiger partial charge in [0.15, 0.2) is 17.2 Å². The van der Waals surface area contributed by atoms with Gasteiger partial charge in [-0.3, -0.25) is 0 Å². The van der Waals surface area contributed by atoms with Crippen LogP contribution >= 0.6 is 38.5 Å². The molecule has 0 unspecified atom stereocenters. The van der Waals surface area contributed by atoms with Crippen molar-refractivity contribution in [3.63, 3.8) is 0 Å². The molecular weight excluding hydrogens is 657 g/mol. The number of benzene rings is 4. The Kier molecular flexibility index (Phi) is 8.24. The Hall–Kier alpha value is -3.43. The number of hydrogen-bond acceptors (Lipinski definition) is 5. The Morgan fingerprint density at radius 1 is 0.895 bits per heavy atom. The van der Waals surface area contributed by atoms with Crippen LogP contribution in [0.5, 0.6) is 11.5 Å². The van der Waals surface area contributed by atoms with E-state index in [1.165, 1.54) is 0 Å². The highest BCUT2D eigenvalue weighted by Gasteiger charge is 2.24. The predicted molar refractivity (Wildman–Crippen MR) is 161 cm³/mol. The SMILES string of the molecule is CCOc1cc(/C=C2\N=C(c3ccc(-c4ccccc4)cc3)OC2=O)cc(Br)c1OCc1cccc(I)c1. The number of hydrogen-bond donors (Lipinski definition) is 0. The maximum atomic E-state index is 12.6. The number of esters is 1. The van der Waals surface area contributed by atoms with Gasteiger partial charge in [0.1, 0.15) is 6.61 Å². The van der Waals surface area contributed by atoms with Crippen molar-refractivity contribution in [2.75, 3.05) is 6.61 Å². The molecule has 0 atom stereocenters. The third-order valence-electron chi connectivity index (χ3n) is 5.77. The van der Waals surface area contributed by atoms with Gasteiger partial charge in [-0.05, 0) is 110 Å². The molecule has 4 aromatic rings. The standard InChI is InChI=1S/C31H23BrINO4/c1-2-36-28-18-21(16-26(32)29(28)37-19-20-7-6-10-25(33)15-20)17-27-31(35)38-30(34-27)24-13-11-23(12-14-24)22-8-4-3-5-9-22/h3-18H,2,19H2,1H3/b27-17-. The zero-order valence-electron chi connectivity index (χ0n) is 20.5.